The lowest BCUT2D eigenvalue weighted by molar-refractivity contribution is 0.0415. The Labute approximate surface area is 128 Å². The van der Waals surface area contributed by atoms with Crippen molar-refractivity contribution in [3.8, 4) is 0 Å². The van der Waals surface area contributed by atoms with Crippen molar-refractivity contribution in [1.29, 1.82) is 0 Å². The maximum atomic E-state index is 5.57. The molecule has 1 aromatic carbocycles. The molecule has 1 aliphatic heterocycles. The number of methoxy groups -OCH3 is 1. The Hall–Kier alpha value is -0.940. The minimum Gasteiger partial charge on any atom is -0.382 e. The van der Waals surface area contributed by atoms with Crippen molar-refractivity contribution >= 4 is 0 Å². The van der Waals surface area contributed by atoms with Crippen molar-refractivity contribution in [2.24, 2.45) is 0 Å². The lowest BCUT2D eigenvalue weighted by atomic mass is 9.88. The molecule has 4 heteroatoms. The number of ether oxygens (including phenoxy) is 2. The van der Waals surface area contributed by atoms with Gasteiger partial charge in [-0.05, 0) is 18.9 Å². The second-order valence-corrected chi connectivity index (χ2v) is 5.76. The highest BCUT2D eigenvalue weighted by Gasteiger charge is 2.35. The Morgan fingerprint density at radius 2 is 2.00 bits per heavy atom. The molecule has 1 saturated heterocycles. The van der Waals surface area contributed by atoms with Gasteiger partial charge in [-0.25, -0.2) is 0 Å². The van der Waals surface area contributed by atoms with E-state index in [1.807, 2.05) is 0 Å². The van der Waals surface area contributed by atoms with Crippen LogP contribution in [0.5, 0.6) is 0 Å². The molecule has 0 bridgehead atoms. The van der Waals surface area contributed by atoms with Crippen molar-refractivity contribution in [1.82, 2.24) is 10.2 Å². The van der Waals surface area contributed by atoms with Crippen molar-refractivity contribution in [3.05, 3.63) is 35.9 Å². The van der Waals surface area contributed by atoms with Gasteiger partial charge in [0.25, 0.3) is 0 Å². The molecule has 1 N–H and O–H groups in total. The summed E-state index contributed by atoms with van der Waals surface area (Å²) in [6.45, 7) is 8.72. The van der Waals surface area contributed by atoms with Crippen LogP contribution >= 0.6 is 0 Å². The normalized spacial score (nSPS) is 23.3. The second kappa shape index (κ2) is 8.49. The lowest BCUT2D eigenvalue weighted by Crippen LogP contribution is -2.57. The summed E-state index contributed by atoms with van der Waals surface area (Å²) < 4.78 is 10.6. The number of nitrogens with one attached hydrogen (secondary N) is 1. The molecule has 0 spiro atoms. The Balaban J connectivity index is 1.87. The molecule has 1 aromatic rings. The van der Waals surface area contributed by atoms with Crippen LogP contribution in [0.2, 0.25) is 0 Å². The Bertz CT molecular complexity index is 399. The molecule has 118 valence electrons. The third kappa shape index (κ3) is 4.51. The smallest absolute Gasteiger partial charge is 0.0700 e. The van der Waals surface area contributed by atoms with E-state index in [1.54, 1.807) is 7.11 Å². The van der Waals surface area contributed by atoms with Crippen LogP contribution in [0.25, 0.3) is 0 Å². The molecule has 1 heterocycles. The van der Waals surface area contributed by atoms with Gasteiger partial charge in [-0.15, -0.1) is 0 Å². The average Bonchev–Trinajstić information content (AvgIpc) is 2.53. The molecule has 0 aliphatic carbocycles. The highest BCUT2D eigenvalue weighted by molar-refractivity contribution is 5.25. The number of hydrogen-bond donors (Lipinski definition) is 1. The van der Waals surface area contributed by atoms with Crippen LogP contribution in [-0.2, 0) is 15.0 Å². The first kappa shape index (κ1) is 16.4. The minimum absolute atomic E-state index is 0.0754. The van der Waals surface area contributed by atoms with Crippen LogP contribution in [0, 0.1) is 0 Å². The van der Waals surface area contributed by atoms with Gasteiger partial charge in [-0.3, -0.25) is 4.90 Å². The fourth-order valence-electron chi connectivity index (χ4n) is 2.95. The fraction of sp³-hybridized carbons (Fsp3) is 0.647. The highest BCUT2D eigenvalue weighted by atomic mass is 16.5. The molecule has 0 saturated carbocycles. The molecule has 1 fully saturated rings. The van der Waals surface area contributed by atoms with Gasteiger partial charge in [0.15, 0.2) is 0 Å². The number of nitrogens with zero attached hydrogens (tertiary/aromatic N) is 1. The van der Waals surface area contributed by atoms with E-state index < -0.39 is 0 Å². The van der Waals surface area contributed by atoms with Crippen molar-refractivity contribution < 1.29 is 9.47 Å². The van der Waals surface area contributed by atoms with Crippen LogP contribution in [0.1, 0.15) is 18.9 Å². The molecule has 0 amide bonds. The van der Waals surface area contributed by atoms with Gasteiger partial charge in [0.2, 0.25) is 0 Å². The molecule has 4 nitrogen and oxygen atoms in total. The topological polar surface area (TPSA) is 33.7 Å². The molecule has 1 unspecified atom stereocenters. The van der Waals surface area contributed by atoms with Crippen molar-refractivity contribution in [2.75, 3.05) is 53.1 Å². The van der Waals surface area contributed by atoms with E-state index in [4.69, 9.17) is 9.47 Å². The SMILES string of the molecule is COCCOCCCN1CCNCC1(C)c1ccccc1. The number of piperazine rings is 1. The van der Waals surface area contributed by atoms with Crippen LogP contribution in [0.15, 0.2) is 30.3 Å². The zero-order chi connectivity index (χ0) is 15.0. The molecule has 0 aromatic heterocycles. The summed E-state index contributed by atoms with van der Waals surface area (Å²) in [5.74, 6) is 0. The first-order valence-corrected chi connectivity index (χ1v) is 7.85. The lowest BCUT2D eigenvalue weighted by Gasteiger charge is -2.45. The Kier molecular flexibility index (Phi) is 6.64. The van der Waals surface area contributed by atoms with Gasteiger partial charge in [0.1, 0.15) is 0 Å². The van der Waals surface area contributed by atoms with E-state index in [9.17, 15) is 0 Å². The number of benzene rings is 1. The summed E-state index contributed by atoms with van der Waals surface area (Å²) >= 11 is 0. The summed E-state index contributed by atoms with van der Waals surface area (Å²) in [5, 5.41) is 3.53. The summed E-state index contributed by atoms with van der Waals surface area (Å²) in [5.41, 5.74) is 1.46. The fourth-order valence-corrected chi connectivity index (χ4v) is 2.95. The van der Waals surface area contributed by atoms with Crippen molar-refractivity contribution in [3.63, 3.8) is 0 Å². The maximum absolute atomic E-state index is 5.57. The molecular weight excluding hydrogens is 264 g/mol. The Morgan fingerprint density at radius 1 is 1.19 bits per heavy atom. The first-order chi connectivity index (χ1) is 10.3. The third-order valence-electron chi connectivity index (χ3n) is 4.27. The average molecular weight is 292 g/mol. The summed E-state index contributed by atoms with van der Waals surface area (Å²) in [6.07, 6.45) is 1.06. The minimum atomic E-state index is 0.0754. The number of rotatable bonds is 8. The van der Waals surface area contributed by atoms with Crippen LogP contribution < -0.4 is 5.32 Å². The quantitative estimate of drug-likeness (QED) is 0.742. The van der Waals surface area contributed by atoms with Crippen LogP contribution in [0.3, 0.4) is 0 Å². The standard InChI is InChI=1S/C17H28N2O2/c1-17(16-7-4-3-5-8-16)15-18-9-11-19(17)10-6-12-21-14-13-20-2/h3-5,7-8,18H,6,9-15H2,1-2H3. The summed E-state index contributed by atoms with van der Waals surface area (Å²) in [6, 6.07) is 10.8. The zero-order valence-corrected chi connectivity index (χ0v) is 13.3. The van der Waals surface area contributed by atoms with Crippen molar-refractivity contribution in [2.45, 2.75) is 18.9 Å². The van der Waals surface area contributed by atoms with Gasteiger partial charge < -0.3 is 14.8 Å². The zero-order valence-electron chi connectivity index (χ0n) is 13.3. The highest BCUT2D eigenvalue weighted by Crippen LogP contribution is 2.29. The van der Waals surface area contributed by atoms with Crippen LogP contribution in [-0.4, -0.2) is 58.0 Å². The molecule has 21 heavy (non-hydrogen) atoms. The van der Waals surface area contributed by atoms with Gasteiger partial charge >= 0.3 is 0 Å². The molecule has 1 atom stereocenters. The van der Waals surface area contributed by atoms with E-state index >= 15 is 0 Å². The Morgan fingerprint density at radius 3 is 2.76 bits per heavy atom. The van der Waals surface area contributed by atoms with Gasteiger partial charge in [0, 0.05) is 39.9 Å². The third-order valence-corrected chi connectivity index (χ3v) is 4.27. The molecule has 2 rings (SSSR count). The molecule has 0 radical (unpaired) electrons. The molecule has 1 aliphatic rings. The van der Waals surface area contributed by atoms with E-state index in [0.29, 0.717) is 13.2 Å². The largest absolute Gasteiger partial charge is 0.382 e. The maximum Gasteiger partial charge on any atom is 0.0700 e. The predicted molar refractivity (Wildman–Crippen MR) is 85.5 cm³/mol. The van der Waals surface area contributed by atoms with Gasteiger partial charge in [-0.2, -0.15) is 0 Å². The van der Waals surface area contributed by atoms with Crippen LogP contribution in [0.4, 0.5) is 0 Å². The van der Waals surface area contributed by atoms with E-state index in [0.717, 1.165) is 39.2 Å². The summed E-state index contributed by atoms with van der Waals surface area (Å²) in [4.78, 5) is 2.58. The molecular formula is C17H28N2O2. The summed E-state index contributed by atoms with van der Waals surface area (Å²) in [7, 11) is 1.70. The van der Waals surface area contributed by atoms with Gasteiger partial charge in [0.05, 0.1) is 18.8 Å². The predicted octanol–water partition coefficient (Wildman–Crippen LogP) is 1.86. The van der Waals surface area contributed by atoms with Gasteiger partial charge in [-0.1, -0.05) is 30.3 Å². The van der Waals surface area contributed by atoms with E-state index in [1.165, 1.54) is 5.56 Å². The number of hydrogen-bond acceptors (Lipinski definition) is 4. The monoisotopic (exact) mass is 292 g/mol. The second-order valence-electron chi connectivity index (χ2n) is 5.76. The van der Waals surface area contributed by atoms with E-state index in [-0.39, 0.29) is 5.54 Å². The van der Waals surface area contributed by atoms with E-state index in [2.05, 4.69) is 47.5 Å². The first-order valence-electron chi connectivity index (χ1n) is 7.85.